The highest BCUT2D eigenvalue weighted by Crippen LogP contribution is 2.41. The molecule has 36 heavy (non-hydrogen) atoms. The third kappa shape index (κ3) is 4.91. The fraction of sp³-hybridized carbons (Fsp3) is 0.273. The fourth-order valence-electron chi connectivity index (χ4n) is 4.88. The number of fused-ring (bicyclic) bond motifs is 1. The van der Waals surface area contributed by atoms with E-state index in [-0.39, 0.29) is 29.6 Å². The van der Waals surface area contributed by atoms with E-state index in [1.54, 1.807) is 24.5 Å². The molecule has 14 heteroatoms. The molecule has 4 aromatic rings. The van der Waals surface area contributed by atoms with E-state index in [1.165, 1.54) is 0 Å². The summed E-state index contributed by atoms with van der Waals surface area (Å²) in [6.45, 7) is 0.741. The first-order valence-corrected chi connectivity index (χ1v) is 12.9. The Kier molecular flexibility index (Phi) is 6.62. The lowest BCUT2D eigenvalue weighted by atomic mass is 9.71. The minimum absolute atomic E-state index is 0.0310. The summed E-state index contributed by atoms with van der Waals surface area (Å²) >= 11 is 6.71. The lowest BCUT2D eigenvalue weighted by molar-refractivity contribution is -0.375. The van der Waals surface area contributed by atoms with Gasteiger partial charge in [-0.25, -0.2) is 19.9 Å². The highest BCUT2D eigenvalue weighted by molar-refractivity contribution is 9.10. The second kappa shape index (κ2) is 9.85. The maximum atomic E-state index is 12.8. The Morgan fingerprint density at radius 1 is 0.972 bits per heavy atom. The van der Waals surface area contributed by atoms with Gasteiger partial charge in [0.2, 0.25) is 0 Å². The maximum Gasteiger partial charge on any atom is 0.350 e. The zero-order valence-corrected chi connectivity index (χ0v) is 22.1. The molecular formula is C22H26Br2N10O2+2. The normalized spacial score (nSPS) is 19.1. The molecule has 188 valence electrons. The predicted molar refractivity (Wildman–Crippen MR) is 138 cm³/mol. The molecular weight excluding hydrogens is 596 g/mol. The standard InChI is InChI=1S/C22H24Br2N10O2/c23-10-2-14(27-5-10)19(35)29-4-9-1-13-18(34-22(26)32-13)17(16-8-31-21(25)33-16)12(9)7-30-20(36)15-3-11(24)6-28-15/h2-3,5-6,8-9,12,17,27-28H,1,4,7H2,(H,29,35)(H,30,36)(H3,25,31,33)(H3,26,32,34)/p+2/t9-,12-,17+/m1/s1. The summed E-state index contributed by atoms with van der Waals surface area (Å²) < 4.78 is 1.59. The second-order valence-electron chi connectivity index (χ2n) is 8.83. The Morgan fingerprint density at radius 3 is 2.17 bits per heavy atom. The molecule has 0 bridgehead atoms. The van der Waals surface area contributed by atoms with Gasteiger partial charge in [-0.15, -0.1) is 0 Å². The number of amides is 2. The van der Waals surface area contributed by atoms with Crippen LogP contribution in [0.25, 0.3) is 0 Å². The molecule has 0 aromatic carbocycles. The molecule has 0 unspecified atom stereocenters. The summed E-state index contributed by atoms with van der Waals surface area (Å²) in [6.07, 6.45) is 5.85. The summed E-state index contributed by atoms with van der Waals surface area (Å²) in [6, 6.07) is 3.45. The first-order valence-electron chi connectivity index (χ1n) is 11.3. The molecule has 0 saturated carbocycles. The van der Waals surface area contributed by atoms with Crippen molar-refractivity contribution in [3.8, 4) is 0 Å². The molecule has 0 saturated heterocycles. The van der Waals surface area contributed by atoms with E-state index in [9.17, 15) is 9.59 Å². The number of carbonyl (C=O) groups is 2. The second-order valence-corrected chi connectivity index (χ2v) is 10.7. The molecule has 0 aliphatic heterocycles. The Labute approximate surface area is 222 Å². The molecule has 0 spiro atoms. The largest absolute Gasteiger partial charge is 0.356 e. The monoisotopic (exact) mass is 620 g/mol. The molecule has 4 aromatic heterocycles. The number of hydrogen-bond acceptors (Lipinski definition) is 4. The van der Waals surface area contributed by atoms with E-state index in [2.05, 4.69) is 72.4 Å². The van der Waals surface area contributed by atoms with Gasteiger partial charge in [0, 0.05) is 40.8 Å². The van der Waals surface area contributed by atoms with Crippen LogP contribution in [0.1, 0.15) is 44.0 Å². The smallest absolute Gasteiger partial charge is 0.350 e. The highest BCUT2D eigenvalue weighted by atomic mass is 79.9. The van der Waals surface area contributed by atoms with Crippen molar-refractivity contribution < 1.29 is 19.6 Å². The summed E-state index contributed by atoms with van der Waals surface area (Å²) in [5.41, 5.74) is 15.7. The van der Waals surface area contributed by atoms with Gasteiger partial charge in [0.25, 0.3) is 11.8 Å². The average molecular weight is 622 g/mol. The minimum Gasteiger partial charge on any atom is -0.356 e. The molecule has 2 amide bonds. The van der Waals surface area contributed by atoms with Crippen molar-refractivity contribution >= 4 is 55.6 Å². The van der Waals surface area contributed by atoms with Crippen LogP contribution in [0.5, 0.6) is 0 Å². The summed E-state index contributed by atoms with van der Waals surface area (Å²) in [4.78, 5) is 44.2. The molecule has 12 nitrogen and oxygen atoms in total. The van der Waals surface area contributed by atoms with Crippen molar-refractivity contribution in [1.29, 1.82) is 0 Å². The SMILES string of the molecule is Nc1[nH]c([C@H]2c3[nH+]c(N)[nH]c3C[C@H](CNC(=O)c3cc(Br)c[nH]3)[C@H]2CNC(=O)c2cc(Br)c[nH]2)c[nH+]1. The van der Waals surface area contributed by atoms with Crippen LogP contribution in [0.2, 0.25) is 0 Å². The quantitative estimate of drug-likeness (QED) is 0.153. The third-order valence-electron chi connectivity index (χ3n) is 6.50. The van der Waals surface area contributed by atoms with Crippen LogP contribution in [-0.4, -0.2) is 44.8 Å². The van der Waals surface area contributed by atoms with Crippen molar-refractivity contribution in [2.45, 2.75) is 12.3 Å². The summed E-state index contributed by atoms with van der Waals surface area (Å²) in [5, 5.41) is 6.09. The number of halogens is 2. The van der Waals surface area contributed by atoms with Crippen molar-refractivity contribution in [2.75, 3.05) is 24.6 Å². The van der Waals surface area contributed by atoms with Gasteiger partial charge in [-0.1, -0.05) is 0 Å². The summed E-state index contributed by atoms with van der Waals surface area (Å²) in [7, 11) is 0. The number of nitrogens with one attached hydrogen (secondary N) is 8. The number of carbonyl (C=O) groups excluding carboxylic acids is 2. The number of aromatic amines is 6. The van der Waals surface area contributed by atoms with Gasteiger partial charge in [-0.3, -0.25) is 21.1 Å². The Morgan fingerprint density at radius 2 is 1.61 bits per heavy atom. The molecule has 1 aliphatic rings. The van der Waals surface area contributed by atoms with Gasteiger partial charge in [0.05, 0.1) is 12.1 Å². The summed E-state index contributed by atoms with van der Waals surface area (Å²) in [5.74, 6) is 0.0877. The third-order valence-corrected chi connectivity index (χ3v) is 7.41. The van der Waals surface area contributed by atoms with Gasteiger partial charge in [-0.05, 0) is 55.8 Å². The van der Waals surface area contributed by atoms with E-state index >= 15 is 0 Å². The van der Waals surface area contributed by atoms with E-state index in [0.717, 1.165) is 26.0 Å². The lowest BCUT2D eigenvalue weighted by Crippen LogP contribution is -2.45. The van der Waals surface area contributed by atoms with Crippen LogP contribution in [0.3, 0.4) is 0 Å². The van der Waals surface area contributed by atoms with Crippen molar-refractivity contribution in [1.82, 2.24) is 30.6 Å². The maximum absolute atomic E-state index is 12.8. The Bertz CT molecular complexity index is 1400. The van der Waals surface area contributed by atoms with E-state index in [4.69, 9.17) is 11.5 Å². The van der Waals surface area contributed by atoms with Gasteiger partial charge >= 0.3 is 11.9 Å². The molecule has 0 fully saturated rings. The first kappa shape index (κ1) is 24.2. The minimum atomic E-state index is -0.223. The van der Waals surface area contributed by atoms with Crippen LogP contribution in [-0.2, 0) is 6.42 Å². The van der Waals surface area contributed by atoms with Gasteiger partial charge in [0.1, 0.15) is 28.5 Å². The van der Waals surface area contributed by atoms with Crippen LogP contribution in [0.4, 0.5) is 11.9 Å². The number of nitrogen functional groups attached to an aromatic ring is 2. The number of anilines is 2. The molecule has 5 rings (SSSR count). The number of H-pyrrole nitrogens is 6. The number of aromatic nitrogens is 6. The average Bonchev–Trinajstić information content (AvgIpc) is 3.63. The van der Waals surface area contributed by atoms with Crippen LogP contribution >= 0.6 is 31.9 Å². The Balaban J connectivity index is 1.43. The van der Waals surface area contributed by atoms with E-state index in [0.29, 0.717) is 42.8 Å². The fourth-order valence-corrected chi connectivity index (χ4v) is 5.56. The van der Waals surface area contributed by atoms with Crippen molar-refractivity contribution in [3.63, 3.8) is 0 Å². The molecule has 1 aliphatic carbocycles. The highest BCUT2D eigenvalue weighted by Gasteiger charge is 2.44. The van der Waals surface area contributed by atoms with Gasteiger partial charge < -0.3 is 20.6 Å². The lowest BCUT2D eigenvalue weighted by Gasteiger charge is -2.35. The molecule has 4 heterocycles. The zero-order valence-electron chi connectivity index (χ0n) is 19.0. The Hall–Kier alpha value is -3.52. The number of imidazole rings is 2. The van der Waals surface area contributed by atoms with Gasteiger partial charge in [0.15, 0.2) is 0 Å². The van der Waals surface area contributed by atoms with Crippen LogP contribution in [0.15, 0.2) is 39.7 Å². The number of nitrogens with two attached hydrogens (primary N) is 2. The topological polar surface area (TPSA) is 202 Å². The number of hydrogen-bond donors (Lipinski definition) is 8. The number of rotatable bonds is 7. The predicted octanol–water partition coefficient (Wildman–Crippen LogP) is 1.10. The molecule has 0 radical (unpaired) electrons. The molecule has 3 atom stereocenters. The zero-order chi connectivity index (χ0) is 25.4. The van der Waals surface area contributed by atoms with Crippen molar-refractivity contribution in [2.24, 2.45) is 11.8 Å². The van der Waals surface area contributed by atoms with E-state index in [1.807, 2.05) is 6.20 Å². The van der Waals surface area contributed by atoms with Crippen LogP contribution in [0, 0.1) is 11.8 Å². The van der Waals surface area contributed by atoms with Gasteiger partial charge in [-0.2, -0.15) is 0 Å². The van der Waals surface area contributed by atoms with Crippen molar-refractivity contribution in [3.05, 3.63) is 68.1 Å². The molecule has 12 N–H and O–H groups in total. The first-order chi connectivity index (χ1) is 17.3. The van der Waals surface area contributed by atoms with Crippen LogP contribution < -0.4 is 32.1 Å². The van der Waals surface area contributed by atoms with E-state index < -0.39 is 0 Å².